The van der Waals surface area contributed by atoms with Gasteiger partial charge in [0.1, 0.15) is 0 Å². The second-order valence-electron chi connectivity index (χ2n) is 4.99. The highest BCUT2D eigenvalue weighted by atomic mass is 32.1. The van der Waals surface area contributed by atoms with Gasteiger partial charge in [-0.15, -0.1) is 0 Å². The standard InChI is InChI=1S/C15H20N2O3S/c1-10-5-6-11(14(18)19-2)8-13(10)17-15(21)16-9-12-4-3-7-20-12/h5-6,8,12H,3-4,7,9H2,1-2H3,(H2,16,17,21). The van der Waals surface area contributed by atoms with Gasteiger partial charge < -0.3 is 20.1 Å². The fourth-order valence-corrected chi connectivity index (χ4v) is 2.37. The van der Waals surface area contributed by atoms with Crippen molar-refractivity contribution in [1.82, 2.24) is 5.32 Å². The predicted octanol–water partition coefficient (Wildman–Crippen LogP) is 2.25. The smallest absolute Gasteiger partial charge is 0.337 e. The van der Waals surface area contributed by atoms with E-state index in [9.17, 15) is 4.79 Å². The molecule has 1 aromatic rings. The van der Waals surface area contributed by atoms with Crippen molar-refractivity contribution in [3.05, 3.63) is 29.3 Å². The van der Waals surface area contributed by atoms with Crippen molar-refractivity contribution in [3.8, 4) is 0 Å². The van der Waals surface area contributed by atoms with Crippen LogP contribution in [0.1, 0.15) is 28.8 Å². The molecule has 1 unspecified atom stereocenters. The lowest BCUT2D eigenvalue weighted by atomic mass is 10.1. The first kappa shape index (κ1) is 15.7. The number of carbonyl (C=O) groups excluding carboxylic acids is 1. The maximum atomic E-state index is 11.5. The van der Waals surface area contributed by atoms with Crippen molar-refractivity contribution >= 4 is 29.0 Å². The average molecular weight is 308 g/mol. The molecule has 21 heavy (non-hydrogen) atoms. The highest BCUT2D eigenvalue weighted by molar-refractivity contribution is 7.80. The number of methoxy groups -OCH3 is 1. The number of benzene rings is 1. The molecule has 1 fully saturated rings. The number of aryl methyl sites for hydroxylation is 1. The Kier molecular flexibility index (Phi) is 5.52. The average Bonchev–Trinajstić information content (AvgIpc) is 3.00. The highest BCUT2D eigenvalue weighted by Crippen LogP contribution is 2.17. The summed E-state index contributed by atoms with van der Waals surface area (Å²) in [4.78, 5) is 11.5. The number of thiocarbonyl (C=S) groups is 1. The molecular formula is C15H20N2O3S. The van der Waals surface area contributed by atoms with Crippen LogP contribution in [0.2, 0.25) is 0 Å². The van der Waals surface area contributed by atoms with Crippen LogP contribution in [0.25, 0.3) is 0 Å². The van der Waals surface area contributed by atoms with Crippen LogP contribution in [0.15, 0.2) is 18.2 Å². The molecule has 1 heterocycles. The molecular weight excluding hydrogens is 288 g/mol. The molecule has 1 aliphatic rings. The van der Waals surface area contributed by atoms with Crippen molar-refractivity contribution in [3.63, 3.8) is 0 Å². The molecule has 5 nitrogen and oxygen atoms in total. The van der Waals surface area contributed by atoms with Gasteiger partial charge in [-0.05, 0) is 49.7 Å². The van der Waals surface area contributed by atoms with Crippen LogP contribution in [0, 0.1) is 6.92 Å². The van der Waals surface area contributed by atoms with Crippen LogP contribution in [0.4, 0.5) is 5.69 Å². The molecule has 0 radical (unpaired) electrons. The minimum atomic E-state index is -0.365. The Morgan fingerprint density at radius 2 is 2.33 bits per heavy atom. The maximum absolute atomic E-state index is 11.5. The van der Waals surface area contributed by atoms with E-state index in [4.69, 9.17) is 21.7 Å². The Morgan fingerprint density at radius 3 is 3.00 bits per heavy atom. The largest absolute Gasteiger partial charge is 0.465 e. The van der Waals surface area contributed by atoms with Gasteiger partial charge in [0.25, 0.3) is 0 Å². The molecule has 2 N–H and O–H groups in total. The molecule has 0 amide bonds. The predicted molar refractivity (Wildman–Crippen MR) is 85.7 cm³/mol. The van der Waals surface area contributed by atoms with E-state index < -0.39 is 0 Å². The van der Waals surface area contributed by atoms with Crippen molar-refractivity contribution in [1.29, 1.82) is 0 Å². The Hall–Kier alpha value is -1.66. The van der Waals surface area contributed by atoms with Gasteiger partial charge in [-0.3, -0.25) is 0 Å². The zero-order valence-corrected chi connectivity index (χ0v) is 13.1. The second kappa shape index (κ2) is 7.38. The molecule has 0 spiro atoms. The van der Waals surface area contributed by atoms with E-state index in [0.29, 0.717) is 17.2 Å². The van der Waals surface area contributed by atoms with Gasteiger partial charge in [-0.1, -0.05) is 6.07 Å². The summed E-state index contributed by atoms with van der Waals surface area (Å²) in [6.07, 6.45) is 2.39. The van der Waals surface area contributed by atoms with E-state index >= 15 is 0 Å². The monoisotopic (exact) mass is 308 g/mol. The highest BCUT2D eigenvalue weighted by Gasteiger charge is 2.15. The van der Waals surface area contributed by atoms with Gasteiger partial charge in [0.2, 0.25) is 0 Å². The molecule has 1 atom stereocenters. The van der Waals surface area contributed by atoms with Crippen LogP contribution in [0.5, 0.6) is 0 Å². The molecule has 0 saturated carbocycles. The Morgan fingerprint density at radius 1 is 1.52 bits per heavy atom. The lowest BCUT2D eigenvalue weighted by Gasteiger charge is -2.15. The fourth-order valence-electron chi connectivity index (χ4n) is 2.18. The quantitative estimate of drug-likeness (QED) is 0.657. The first-order chi connectivity index (χ1) is 10.1. The van der Waals surface area contributed by atoms with Crippen LogP contribution in [-0.4, -0.2) is 37.4 Å². The van der Waals surface area contributed by atoms with Gasteiger partial charge in [-0.25, -0.2) is 4.79 Å². The first-order valence-electron chi connectivity index (χ1n) is 6.95. The summed E-state index contributed by atoms with van der Waals surface area (Å²) in [5.74, 6) is -0.365. The summed E-state index contributed by atoms with van der Waals surface area (Å²) in [7, 11) is 1.36. The molecule has 0 aromatic heterocycles. The number of ether oxygens (including phenoxy) is 2. The zero-order chi connectivity index (χ0) is 15.2. The zero-order valence-electron chi connectivity index (χ0n) is 12.3. The Balaban J connectivity index is 1.94. The number of nitrogens with one attached hydrogen (secondary N) is 2. The molecule has 0 aliphatic carbocycles. The molecule has 1 saturated heterocycles. The van der Waals surface area contributed by atoms with Crippen LogP contribution < -0.4 is 10.6 Å². The van der Waals surface area contributed by atoms with E-state index in [1.807, 2.05) is 13.0 Å². The lowest BCUT2D eigenvalue weighted by molar-refractivity contribution is 0.0601. The molecule has 114 valence electrons. The summed E-state index contributed by atoms with van der Waals surface area (Å²) in [5.41, 5.74) is 2.29. The third kappa shape index (κ3) is 4.41. The number of hydrogen-bond donors (Lipinski definition) is 2. The third-order valence-electron chi connectivity index (χ3n) is 3.42. The van der Waals surface area contributed by atoms with E-state index in [2.05, 4.69) is 10.6 Å². The van der Waals surface area contributed by atoms with Crippen molar-refractivity contribution in [2.75, 3.05) is 25.6 Å². The van der Waals surface area contributed by atoms with Crippen molar-refractivity contribution in [2.45, 2.75) is 25.9 Å². The van der Waals surface area contributed by atoms with Crippen molar-refractivity contribution < 1.29 is 14.3 Å². The third-order valence-corrected chi connectivity index (χ3v) is 3.67. The Bertz CT molecular complexity index is 528. The van der Waals surface area contributed by atoms with E-state index in [0.717, 1.165) is 30.7 Å². The summed E-state index contributed by atoms with van der Waals surface area (Å²) in [6, 6.07) is 5.33. The topological polar surface area (TPSA) is 59.6 Å². The van der Waals surface area contributed by atoms with Gasteiger partial charge in [0.15, 0.2) is 5.11 Å². The summed E-state index contributed by atoms with van der Waals surface area (Å²) in [5, 5.41) is 6.78. The van der Waals surface area contributed by atoms with Gasteiger partial charge in [0.05, 0.1) is 18.8 Å². The van der Waals surface area contributed by atoms with E-state index in [1.54, 1.807) is 12.1 Å². The molecule has 0 bridgehead atoms. The first-order valence-corrected chi connectivity index (χ1v) is 7.36. The number of carbonyl (C=O) groups is 1. The number of anilines is 1. The number of esters is 1. The molecule has 2 rings (SSSR count). The summed E-state index contributed by atoms with van der Waals surface area (Å²) in [6.45, 7) is 3.47. The normalized spacial score (nSPS) is 17.3. The number of hydrogen-bond acceptors (Lipinski definition) is 4. The minimum absolute atomic E-state index is 0.229. The van der Waals surface area contributed by atoms with Crippen LogP contribution in [-0.2, 0) is 9.47 Å². The number of rotatable bonds is 4. The van der Waals surface area contributed by atoms with Crippen LogP contribution in [0.3, 0.4) is 0 Å². The van der Waals surface area contributed by atoms with Gasteiger partial charge in [-0.2, -0.15) is 0 Å². The molecule has 6 heteroatoms. The lowest BCUT2D eigenvalue weighted by Crippen LogP contribution is -2.35. The maximum Gasteiger partial charge on any atom is 0.337 e. The van der Waals surface area contributed by atoms with Crippen LogP contribution >= 0.6 is 12.2 Å². The molecule has 1 aromatic carbocycles. The second-order valence-corrected chi connectivity index (χ2v) is 5.40. The van der Waals surface area contributed by atoms with Gasteiger partial charge in [0, 0.05) is 18.8 Å². The SMILES string of the molecule is COC(=O)c1ccc(C)c(NC(=S)NCC2CCCO2)c1. The summed E-state index contributed by atoms with van der Waals surface area (Å²) >= 11 is 5.27. The molecule has 1 aliphatic heterocycles. The Labute approximate surface area is 130 Å². The van der Waals surface area contributed by atoms with E-state index in [-0.39, 0.29) is 12.1 Å². The van der Waals surface area contributed by atoms with Gasteiger partial charge >= 0.3 is 5.97 Å². The minimum Gasteiger partial charge on any atom is -0.465 e. The summed E-state index contributed by atoms with van der Waals surface area (Å²) < 4.78 is 10.3. The van der Waals surface area contributed by atoms with E-state index in [1.165, 1.54) is 7.11 Å². The fraction of sp³-hybridized carbons (Fsp3) is 0.467. The van der Waals surface area contributed by atoms with Crippen molar-refractivity contribution in [2.24, 2.45) is 0 Å².